The minimum absolute atomic E-state index is 0.390. The van der Waals surface area contributed by atoms with Crippen molar-refractivity contribution in [2.24, 2.45) is 5.41 Å². The first kappa shape index (κ1) is 11.6. The highest BCUT2D eigenvalue weighted by atomic mass is 28.3. The normalized spacial score (nSPS) is 10.8. The van der Waals surface area contributed by atoms with Gasteiger partial charge in [-0.25, -0.2) is 0 Å². The monoisotopic (exact) mass is 183 g/mol. The lowest BCUT2D eigenvalue weighted by Crippen LogP contribution is -2.04. The molecular weight excluding hydrogens is 164 g/mol. The van der Waals surface area contributed by atoms with E-state index in [2.05, 4.69) is 45.9 Å². The lowest BCUT2D eigenvalue weighted by atomic mass is 9.91. The third-order valence-corrected chi connectivity index (χ3v) is 1.84. The summed E-state index contributed by atoms with van der Waals surface area (Å²) in [6.45, 7) is 10.9. The van der Waals surface area contributed by atoms with Gasteiger partial charge < -0.3 is 4.43 Å². The Morgan fingerprint density at radius 3 is 2.25 bits per heavy atom. The summed E-state index contributed by atoms with van der Waals surface area (Å²) in [6.07, 6.45) is 4.83. The molecule has 0 rings (SSSR count). The molecule has 0 aromatic carbocycles. The van der Waals surface area contributed by atoms with Crippen molar-refractivity contribution >= 4 is 9.04 Å². The topological polar surface area (TPSA) is 9.23 Å². The molecule has 0 heterocycles. The van der Waals surface area contributed by atoms with Gasteiger partial charge >= 0.3 is 0 Å². The smallest absolute Gasteiger partial charge is 0.289 e. The minimum Gasteiger partial charge on any atom is -0.500 e. The van der Waals surface area contributed by atoms with Crippen LogP contribution in [0.15, 0.2) is 0 Å². The van der Waals surface area contributed by atoms with E-state index in [9.17, 15) is 0 Å². The van der Waals surface area contributed by atoms with Crippen molar-refractivity contribution in [3.05, 3.63) is 0 Å². The van der Waals surface area contributed by atoms with Gasteiger partial charge in [0.1, 0.15) is 0 Å². The predicted octanol–water partition coefficient (Wildman–Crippen LogP) is 3.04. The van der Waals surface area contributed by atoms with E-state index in [4.69, 9.17) is 4.43 Å². The van der Waals surface area contributed by atoms with E-state index in [0.717, 1.165) is 12.8 Å². The molecule has 0 atom stereocenters. The first-order chi connectivity index (χ1) is 5.42. The summed E-state index contributed by atoms with van der Waals surface area (Å²) in [7, 11) is -0.624. The van der Waals surface area contributed by atoms with Gasteiger partial charge in [-0.2, -0.15) is 0 Å². The number of rotatable bonds is 2. The molecule has 0 aliphatic rings. The highest BCUT2D eigenvalue weighted by Gasteiger charge is 2.07. The zero-order valence-electron chi connectivity index (χ0n) is 8.82. The maximum absolute atomic E-state index is 5.20. The molecule has 0 amide bonds. The summed E-state index contributed by atoms with van der Waals surface area (Å²) in [5.74, 6) is 3.03. The summed E-state index contributed by atoms with van der Waals surface area (Å²) in [4.78, 5) is 0. The third kappa shape index (κ3) is 9.58. The third-order valence-electron chi connectivity index (χ3n) is 1.33. The van der Waals surface area contributed by atoms with Gasteiger partial charge in [0.15, 0.2) is 0 Å². The van der Waals surface area contributed by atoms with Crippen LogP contribution in [0.4, 0.5) is 0 Å². The van der Waals surface area contributed by atoms with Crippen LogP contribution < -0.4 is 0 Å². The molecule has 0 bridgehead atoms. The SMILES string of the molecule is C[Si](C)OC#CCCC(C)(C)C. The maximum Gasteiger partial charge on any atom is 0.289 e. The van der Waals surface area contributed by atoms with Crippen molar-refractivity contribution < 1.29 is 4.43 Å². The molecule has 1 nitrogen and oxygen atoms in total. The van der Waals surface area contributed by atoms with E-state index in [1.807, 2.05) is 0 Å². The van der Waals surface area contributed by atoms with E-state index in [1.165, 1.54) is 0 Å². The van der Waals surface area contributed by atoms with E-state index < -0.39 is 9.04 Å². The molecule has 0 saturated carbocycles. The molecular formula is C10H19OSi. The summed E-state index contributed by atoms with van der Waals surface area (Å²) in [5, 5.41) is 0. The molecule has 0 aliphatic carbocycles. The van der Waals surface area contributed by atoms with Gasteiger partial charge in [-0.05, 0) is 24.9 Å². The van der Waals surface area contributed by atoms with Crippen LogP contribution in [0.5, 0.6) is 0 Å². The standard InChI is InChI=1S/C10H19OSi/c1-10(2,3)8-6-7-9-11-12(4)5/h6,8H2,1-5H3. The molecule has 0 unspecified atom stereocenters. The van der Waals surface area contributed by atoms with Crippen LogP contribution in [0.25, 0.3) is 0 Å². The second-order valence-corrected chi connectivity index (χ2v) is 6.37. The van der Waals surface area contributed by atoms with E-state index in [0.29, 0.717) is 5.41 Å². The largest absolute Gasteiger partial charge is 0.500 e. The Kier molecular flexibility index (Phi) is 5.08. The Morgan fingerprint density at radius 1 is 1.25 bits per heavy atom. The Balaban J connectivity index is 3.47. The quantitative estimate of drug-likeness (QED) is 0.472. The van der Waals surface area contributed by atoms with Crippen LogP contribution in [0.2, 0.25) is 13.1 Å². The van der Waals surface area contributed by atoms with E-state index >= 15 is 0 Å². The lowest BCUT2D eigenvalue weighted by molar-refractivity contribution is 0.383. The molecule has 1 radical (unpaired) electrons. The van der Waals surface area contributed by atoms with E-state index in [1.54, 1.807) is 0 Å². The fourth-order valence-electron chi connectivity index (χ4n) is 0.627. The van der Waals surface area contributed by atoms with Crippen molar-refractivity contribution in [1.29, 1.82) is 0 Å². The van der Waals surface area contributed by atoms with Crippen molar-refractivity contribution in [2.45, 2.75) is 46.7 Å². The fraction of sp³-hybridized carbons (Fsp3) is 0.800. The van der Waals surface area contributed by atoms with Gasteiger partial charge in [-0.3, -0.25) is 0 Å². The molecule has 0 saturated heterocycles. The van der Waals surface area contributed by atoms with E-state index in [-0.39, 0.29) is 0 Å². The molecule has 0 spiro atoms. The molecule has 0 aromatic rings. The van der Waals surface area contributed by atoms with Gasteiger partial charge in [0.2, 0.25) is 0 Å². The van der Waals surface area contributed by atoms with Gasteiger partial charge in [-0.1, -0.05) is 26.7 Å². The number of hydrogen-bond donors (Lipinski definition) is 0. The summed E-state index contributed by atoms with van der Waals surface area (Å²) >= 11 is 0. The fourth-order valence-corrected chi connectivity index (χ4v) is 0.903. The molecule has 0 aliphatic heterocycles. The second-order valence-electron chi connectivity index (χ2n) is 4.35. The van der Waals surface area contributed by atoms with Crippen LogP contribution in [-0.2, 0) is 4.43 Å². The Bertz CT molecular complexity index is 169. The van der Waals surface area contributed by atoms with Crippen LogP contribution in [-0.4, -0.2) is 9.04 Å². The summed E-state index contributed by atoms with van der Waals surface area (Å²) in [6, 6.07) is 0. The van der Waals surface area contributed by atoms with Crippen molar-refractivity contribution in [2.75, 3.05) is 0 Å². The van der Waals surface area contributed by atoms with Crippen LogP contribution in [0.1, 0.15) is 33.6 Å². The van der Waals surface area contributed by atoms with Crippen LogP contribution in [0.3, 0.4) is 0 Å². The minimum atomic E-state index is -0.624. The molecule has 12 heavy (non-hydrogen) atoms. The van der Waals surface area contributed by atoms with Crippen molar-refractivity contribution in [1.82, 2.24) is 0 Å². The van der Waals surface area contributed by atoms with Gasteiger partial charge in [-0.15, -0.1) is 0 Å². The van der Waals surface area contributed by atoms with Gasteiger partial charge in [0.25, 0.3) is 9.04 Å². The first-order valence-corrected chi connectivity index (χ1v) is 6.77. The van der Waals surface area contributed by atoms with Crippen molar-refractivity contribution in [3.8, 4) is 12.0 Å². The highest BCUT2D eigenvalue weighted by molar-refractivity contribution is 6.48. The summed E-state index contributed by atoms with van der Waals surface area (Å²) in [5.41, 5.74) is 0.390. The highest BCUT2D eigenvalue weighted by Crippen LogP contribution is 2.19. The lowest BCUT2D eigenvalue weighted by Gasteiger charge is -2.15. The molecule has 2 heteroatoms. The predicted molar refractivity (Wildman–Crippen MR) is 55.0 cm³/mol. The van der Waals surface area contributed by atoms with Crippen molar-refractivity contribution in [3.63, 3.8) is 0 Å². The molecule has 0 fully saturated rings. The first-order valence-electron chi connectivity index (χ1n) is 4.37. The van der Waals surface area contributed by atoms with Gasteiger partial charge in [0.05, 0.1) is 6.11 Å². The summed E-state index contributed by atoms with van der Waals surface area (Å²) < 4.78 is 5.20. The maximum atomic E-state index is 5.20. The number of hydrogen-bond acceptors (Lipinski definition) is 1. The Labute approximate surface area is 78.2 Å². The Morgan fingerprint density at radius 2 is 1.83 bits per heavy atom. The zero-order valence-corrected chi connectivity index (χ0v) is 9.82. The molecule has 0 aromatic heterocycles. The second kappa shape index (κ2) is 5.26. The Hall–Kier alpha value is -0.423. The molecule has 0 N–H and O–H groups in total. The van der Waals surface area contributed by atoms with Crippen LogP contribution >= 0.6 is 0 Å². The zero-order chi connectivity index (χ0) is 9.61. The average Bonchev–Trinajstić information content (AvgIpc) is 1.83. The molecule has 69 valence electrons. The van der Waals surface area contributed by atoms with Gasteiger partial charge in [0, 0.05) is 6.42 Å². The van der Waals surface area contributed by atoms with Crippen LogP contribution in [0, 0.1) is 17.4 Å². The average molecular weight is 183 g/mol.